The minimum atomic E-state index is 0.366. The van der Waals surface area contributed by atoms with E-state index in [1.54, 1.807) is 0 Å². The highest BCUT2D eigenvalue weighted by Crippen LogP contribution is 2.44. The fourth-order valence-electron chi connectivity index (χ4n) is 2.80. The van der Waals surface area contributed by atoms with E-state index in [9.17, 15) is 0 Å². The molecule has 0 unspecified atom stereocenters. The lowest BCUT2D eigenvalue weighted by molar-refractivity contribution is 0.504. The number of para-hydroxylation sites is 1. The van der Waals surface area contributed by atoms with Crippen molar-refractivity contribution in [3.63, 3.8) is 0 Å². The molecule has 1 aliphatic rings. The van der Waals surface area contributed by atoms with Gasteiger partial charge in [-0.1, -0.05) is 31.0 Å². The molecule has 0 heterocycles. The smallest absolute Gasteiger partial charge is 0.0352 e. The fourth-order valence-corrected chi connectivity index (χ4v) is 3.80. The van der Waals surface area contributed by atoms with Crippen molar-refractivity contribution in [2.75, 3.05) is 17.7 Å². The SMILES string of the molecule is CSCC1(c2ccccc2N)CCCC1. The number of anilines is 1. The van der Waals surface area contributed by atoms with Crippen molar-refractivity contribution in [2.45, 2.75) is 31.1 Å². The van der Waals surface area contributed by atoms with Crippen LogP contribution in [-0.4, -0.2) is 12.0 Å². The Morgan fingerprint density at radius 2 is 1.93 bits per heavy atom. The minimum Gasteiger partial charge on any atom is -0.398 e. The van der Waals surface area contributed by atoms with E-state index < -0.39 is 0 Å². The second kappa shape index (κ2) is 4.48. The van der Waals surface area contributed by atoms with Gasteiger partial charge in [0.05, 0.1) is 0 Å². The van der Waals surface area contributed by atoms with Crippen LogP contribution in [0.3, 0.4) is 0 Å². The maximum atomic E-state index is 6.11. The molecule has 1 aromatic carbocycles. The van der Waals surface area contributed by atoms with Crippen molar-refractivity contribution >= 4 is 17.4 Å². The van der Waals surface area contributed by atoms with Gasteiger partial charge in [-0.15, -0.1) is 0 Å². The Kier molecular flexibility index (Phi) is 3.25. The van der Waals surface area contributed by atoms with Gasteiger partial charge in [-0.2, -0.15) is 11.8 Å². The van der Waals surface area contributed by atoms with E-state index in [-0.39, 0.29) is 0 Å². The summed E-state index contributed by atoms with van der Waals surface area (Å²) in [6.45, 7) is 0. The van der Waals surface area contributed by atoms with Crippen molar-refractivity contribution < 1.29 is 0 Å². The van der Waals surface area contributed by atoms with Gasteiger partial charge in [0, 0.05) is 16.9 Å². The minimum absolute atomic E-state index is 0.366. The van der Waals surface area contributed by atoms with Crippen molar-refractivity contribution in [2.24, 2.45) is 0 Å². The molecular formula is C13H19NS. The predicted molar refractivity (Wildman–Crippen MR) is 69.4 cm³/mol. The molecule has 0 aromatic heterocycles. The lowest BCUT2D eigenvalue weighted by atomic mass is 9.80. The third-order valence-electron chi connectivity index (χ3n) is 3.51. The molecule has 2 rings (SSSR count). The summed E-state index contributed by atoms with van der Waals surface area (Å²) in [6.07, 6.45) is 7.52. The molecule has 82 valence electrons. The molecule has 1 aliphatic carbocycles. The standard InChI is InChI=1S/C13H19NS/c1-15-10-13(8-4-5-9-13)11-6-2-3-7-12(11)14/h2-3,6-7H,4-5,8-10,14H2,1H3. The van der Waals surface area contributed by atoms with Gasteiger partial charge in [-0.05, 0) is 30.7 Å². The number of hydrogen-bond donors (Lipinski definition) is 1. The highest BCUT2D eigenvalue weighted by atomic mass is 32.2. The molecule has 0 aliphatic heterocycles. The average molecular weight is 221 g/mol. The molecule has 15 heavy (non-hydrogen) atoms. The first-order valence-corrected chi connectivity index (χ1v) is 7.02. The van der Waals surface area contributed by atoms with Crippen LogP contribution in [0, 0.1) is 0 Å². The number of benzene rings is 1. The molecule has 0 amide bonds. The molecule has 1 aromatic rings. The van der Waals surface area contributed by atoms with Gasteiger partial charge < -0.3 is 5.73 Å². The Morgan fingerprint density at radius 3 is 2.53 bits per heavy atom. The van der Waals surface area contributed by atoms with E-state index in [4.69, 9.17) is 5.73 Å². The van der Waals surface area contributed by atoms with E-state index in [1.807, 2.05) is 23.9 Å². The van der Waals surface area contributed by atoms with Gasteiger partial charge in [0.15, 0.2) is 0 Å². The summed E-state index contributed by atoms with van der Waals surface area (Å²) in [4.78, 5) is 0. The van der Waals surface area contributed by atoms with Crippen molar-refractivity contribution in [3.8, 4) is 0 Å². The molecule has 1 fully saturated rings. The van der Waals surface area contributed by atoms with Crippen molar-refractivity contribution in [3.05, 3.63) is 29.8 Å². The highest BCUT2D eigenvalue weighted by Gasteiger charge is 2.36. The summed E-state index contributed by atoms with van der Waals surface area (Å²) in [6, 6.07) is 8.40. The first kappa shape index (κ1) is 10.9. The van der Waals surface area contributed by atoms with Gasteiger partial charge in [0.25, 0.3) is 0 Å². The predicted octanol–water partition coefficient (Wildman–Crippen LogP) is 3.44. The number of rotatable bonds is 3. The summed E-state index contributed by atoms with van der Waals surface area (Å²) in [5.74, 6) is 1.21. The summed E-state index contributed by atoms with van der Waals surface area (Å²) in [5, 5.41) is 0. The highest BCUT2D eigenvalue weighted by molar-refractivity contribution is 7.98. The number of thioether (sulfide) groups is 1. The van der Waals surface area contributed by atoms with Crippen LogP contribution in [0.2, 0.25) is 0 Å². The van der Waals surface area contributed by atoms with E-state index in [1.165, 1.54) is 37.0 Å². The topological polar surface area (TPSA) is 26.0 Å². The van der Waals surface area contributed by atoms with Gasteiger partial charge in [-0.25, -0.2) is 0 Å². The largest absolute Gasteiger partial charge is 0.398 e. The van der Waals surface area contributed by atoms with E-state index >= 15 is 0 Å². The molecule has 0 radical (unpaired) electrons. The van der Waals surface area contributed by atoms with Crippen LogP contribution in [0.5, 0.6) is 0 Å². The monoisotopic (exact) mass is 221 g/mol. The second-order valence-corrected chi connectivity index (χ2v) is 5.37. The summed E-state index contributed by atoms with van der Waals surface area (Å²) >= 11 is 1.95. The Bertz CT molecular complexity index is 329. The molecule has 1 nitrogen and oxygen atoms in total. The number of hydrogen-bond acceptors (Lipinski definition) is 2. The van der Waals surface area contributed by atoms with Crippen LogP contribution in [0.15, 0.2) is 24.3 Å². The van der Waals surface area contributed by atoms with Crippen LogP contribution in [0.1, 0.15) is 31.2 Å². The third-order valence-corrected chi connectivity index (χ3v) is 4.35. The Labute approximate surface area is 96.4 Å². The fraction of sp³-hybridized carbons (Fsp3) is 0.538. The van der Waals surface area contributed by atoms with E-state index in [2.05, 4.69) is 18.4 Å². The van der Waals surface area contributed by atoms with Crippen molar-refractivity contribution in [1.29, 1.82) is 0 Å². The molecule has 0 spiro atoms. The molecule has 2 N–H and O–H groups in total. The Hall–Kier alpha value is -0.630. The third kappa shape index (κ3) is 2.00. The van der Waals surface area contributed by atoms with Crippen molar-refractivity contribution in [1.82, 2.24) is 0 Å². The Morgan fingerprint density at radius 1 is 1.27 bits per heavy atom. The Balaban J connectivity index is 2.36. The first-order chi connectivity index (χ1) is 7.28. The molecule has 2 heteroatoms. The van der Waals surface area contributed by atoms with Gasteiger partial charge in [-0.3, -0.25) is 0 Å². The maximum Gasteiger partial charge on any atom is 0.0352 e. The molecular weight excluding hydrogens is 202 g/mol. The molecule has 0 atom stereocenters. The van der Waals surface area contributed by atoms with Crippen LogP contribution >= 0.6 is 11.8 Å². The zero-order chi connectivity index (χ0) is 10.7. The molecule has 0 saturated heterocycles. The average Bonchev–Trinajstić information content (AvgIpc) is 2.69. The first-order valence-electron chi connectivity index (χ1n) is 5.62. The molecule has 0 bridgehead atoms. The quantitative estimate of drug-likeness (QED) is 0.791. The summed E-state index contributed by atoms with van der Waals surface area (Å²) in [7, 11) is 0. The summed E-state index contributed by atoms with van der Waals surface area (Å²) in [5.41, 5.74) is 8.84. The van der Waals surface area contributed by atoms with Crippen LogP contribution in [0.25, 0.3) is 0 Å². The second-order valence-electron chi connectivity index (χ2n) is 4.51. The van der Waals surface area contributed by atoms with Crippen LogP contribution in [0.4, 0.5) is 5.69 Å². The molecule has 1 saturated carbocycles. The lowest BCUT2D eigenvalue weighted by Crippen LogP contribution is -2.26. The number of nitrogens with two attached hydrogens (primary N) is 1. The van der Waals surface area contributed by atoms with E-state index in [0.29, 0.717) is 5.41 Å². The maximum absolute atomic E-state index is 6.11. The van der Waals surface area contributed by atoms with Gasteiger partial charge in [0.2, 0.25) is 0 Å². The zero-order valence-electron chi connectivity index (χ0n) is 9.33. The van der Waals surface area contributed by atoms with E-state index in [0.717, 1.165) is 5.69 Å². The van der Waals surface area contributed by atoms with Gasteiger partial charge >= 0.3 is 0 Å². The van der Waals surface area contributed by atoms with Crippen LogP contribution in [-0.2, 0) is 5.41 Å². The summed E-state index contributed by atoms with van der Waals surface area (Å²) < 4.78 is 0. The zero-order valence-corrected chi connectivity index (χ0v) is 10.1. The number of nitrogen functional groups attached to an aromatic ring is 1. The lowest BCUT2D eigenvalue weighted by Gasteiger charge is -2.30. The normalized spacial score (nSPS) is 19.3. The van der Waals surface area contributed by atoms with Gasteiger partial charge in [0.1, 0.15) is 0 Å². The van der Waals surface area contributed by atoms with Crippen LogP contribution < -0.4 is 5.73 Å².